The van der Waals surface area contributed by atoms with Crippen molar-refractivity contribution >= 4 is 50.7 Å². The fourth-order valence-electron chi connectivity index (χ4n) is 3.88. The fraction of sp³-hybridized carbons (Fsp3) is 0.310. The van der Waals surface area contributed by atoms with Crippen LogP contribution in [0.4, 0.5) is 5.69 Å². The van der Waals surface area contributed by atoms with Crippen LogP contribution in [-0.4, -0.2) is 44.3 Å². The van der Waals surface area contributed by atoms with Gasteiger partial charge in [0.1, 0.15) is 12.6 Å². The predicted molar refractivity (Wildman–Crippen MR) is 157 cm³/mol. The highest BCUT2D eigenvalue weighted by molar-refractivity contribution is 7.92. The number of hydrogen-bond acceptors (Lipinski definition) is 4. The van der Waals surface area contributed by atoms with Gasteiger partial charge in [0.05, 0.1) is 10.6 Å². The zero-order valence-corrected chi connectivity index (χ0v) is 24.6. The molecule has 0 aliphatic carbocycles. The Hall–Kier alpha value is -3.07. The van der Waals surface area contributed by atoms with Gasteiger partial charge in [-0.1, -0.05) is 66.4 Å². The topological polar surface area (TPSA) is 86.8 Å². The lowest BCUT2D eigenvalue weighted by atomic mass is 10.1. The van der Waals surface area contributed by atoms with Crippen molar-refractivity contribution < 1.29 is 18.0 Å². The molecule has 0 heterocycles. The lowest BCUT2D eigenvalue weighted by molar-refractivity contribution is -0.139. The highest BCUT2D eigenvalue weighted by atomic mass is 35.5. The number of hydrogen-bond donors (Lipinski definition) is 1. The first-order valence-electron chi connectivity index (χ1n) is 12.7. The van der Waals surface area contributed by atoms with Crippen LogP contribution < -0.4 is 9.62 Å². The van der Waals surface area contributed by atoms with E-state index in [2.05, 4.69) is 5.32 Å². The predicted octanol–water partition coefficient (Wildman–Crippen LogP) is 5.83. The maximum Gasteiger partial charge on any atom is 0.264 e. The van der Waals surface area contributed by atoms with Gasteiger partial charge < -0.3 is 10.2 Å². The van der Waals surface area contributed by atoms with Gasteiger partial charge in [0.25, 0.3) is 10.0 Å². The molecule has 3 aromatic carbocycles. The molecule has 7 nitrogen and oxygen atoms in total. The number of amides is 2. The molecule has 0 radical (unpaired) electrons. The minimum absolute atomic E-state index is 0.0467. The lowest BCUT2D eigenvalue weighted by Gasteiger charge is -2.32. The third-order valence-electron chi connectivity index (χ3n) is 6.27. The van der Waals surface area contributed by atoms with Crippen LogP contribution in [0.25, 0.3) is 0 Å². The van der Waals surface area contributed by atoms with Gasteiger partial charge in [0.2, 0.25) is 11.8 Å². The number of nitrogens with zero attached hydrogens (tertiary/aromatic N) is 2. The Morgan fingerprint density at radius 3 is 2.03 bits per heavy atom. The summed E-state index contributed by atoms with van der Waals surface area (Å²) in [6.07, 6.45) is 1.72. The molecule has 0 aromatic heterocycles. The molecule has 10 heteroatoms. The van der Waals surface area contributed by atoms with Crippen molar-refractivity contribution in [1.82, 2.24) is 10.2 Å². The Morgan fingerprint density at radius 1 is 0.897 bits per heavy atom. The summed E-state index contributed by atoms with van der Waals surface area (Å²) in [5, 5.41) is 3.84. The summed E-state index contributed by atoms with van der Waals surface area (Å²) in [4.78, 5) is 28.3. The number of benzene rings is 3. The minimum atomic E-state index is -4.13. The van der Waals surface area contributed by atoms with Crippen LogP contribution in [0, 0.1) is 6.92 Å². The van der Waals surface area contributed by atoms with E-state index in [-0.39, 0.29) is 23.0 Å². The van der Waals surface area contributed by atoms with Gasteiger partial charge in [0.15, 0.2) is 0 Å². The highest BCUT2D eigenvalue weighted by Gasteiger charge is 2.32. The molecule has 0 saturated carbocycles. The second-order valence-electron chi connectivity index (χ2n) is 9.27. The van der Waals surface area contributed by atoms with Crippen LogP contribution in [0.5, 0.6) is 0 Å². The molecule has 1 atom stereocenters. The van der Waals surface area contributed by atoms with Gasteiger partial charge in [-0.05, 0) is 74.4 Å². The number of sulfonamides is 1. The molecule has 208 valence electrons. The quantitative estimate of drug-likeness (QED) is 0.269. The summed E-state index contributed by atoms with van der Waals surface area (Å²) in [6.45, 7) is 5.58. The molecule has 3 aromatic rings. The number of aryl methyl sites for hydroxylation is 1. The van der Waals surface area contributed by atoms with E-state index < -0.39 is 28.5 Å². The number of halogens is 2. The van der Waals surface area contributed by atoms with Crippen molar-refractivity contribution in [3.63, 3.8) is 0 Å². The van der Waals surface area contributed by atoms with Crippen molar-refractivity contribution in [1.29, 1.82) is 0 Å². The van der Waals surface area contributed by atoms with Crippen molar-refractivity contribution in [3.05, 3.63) is 94.0 Å². The van der Waals surface area contributed by atoms with Crippen LogP contribution in [0.1, 0.15) is 37.8 Å². The normalized spacial score (nSPS) is 12.0. The maximum absolute atomic E-state index is 13.9. The van der Waals surface area contributed by atoms with Gasteiger partial charge in [0, 0.05) is 23.1 Å². The Labute approximate surface area is 240 Å². The largest absolute Gasteiger partial charge is 0.354 e. The molecule has 0 spiro atoms. The Bertz CT molecular complexity index is 1360. The van der Waals surface area contributed by atoms with Crippen LogP contribution in [0.3, 0.4) is 0 Å². The number of rotatable bonds is 12. The van der Waals surface area contributed by atoms with Crippen LogP contribution in [0.2, 0.25) is 10.0 Å². The molecule has 0 bridgehead atoms. The number of unbranched alkanes of at least 4 members (excludes halogenated alkanes) is 1. The van der Waals surface area contributed by atoms with E-state index in [9.17, 15) is 18.0 Å². The van der Waals surface area contributed by atoms with Gasteiger partial charge >= 0.3 is 0 Å². The zero-order valence-electron chi connectivity index (χ0n) is 22.2. The van der Waals surface area contributed by atoms with Crippen LogP contribution in [-0.2, 0) is 26.2 Å². The zero-order chi connectivity index (χ0) is 28.6. The van der Waals surface area contributed by atoms with Gasteiger partial charge in [-0.15, -0.1) is 0 Å². The third kappa shape index (κ3) is 8.21. The van der Waals surface area contributed by atoms with E-state index >= 15 is 0 Å². The molecule has 1 N–H and O–H groups in total. The van der Waals surface area contributed by atoms with E-state index in [1.807, 2.05) is 13.8 Å². The molecule has 1 unspecified atom stereocenters. The molecular weight excluding hydrogens is 557 g/mol. The number of carbonyl (C=O) groups excluding carboxylic acids is 2. The van der Waals surface area contributed by atoms with E-state index in [0.717, 1.165) is 28.3 Å². The molecule has 0 aliphatic rings. The molecule has 0 fully saturated rings. The number of anilines is 1. The Morgan fingerprint density at radius 2 is 1.46 bits per heavy atom. The number of nitrogens with one attached hydrogen (secondary N) is 1. The summed E-state index contributed by atoms with van der Waals surface area (Å²) < 4.78 is 28.6. The number of carbonyl (C=O) groups is 2. The average Bonchev–Trinajstić information content (AvgIpc) is 2.91. The van der Waals surface area contributed by atoms with Crippen molar-refractivity contribution in [3.8, 4) is 0 Å². The fourth-order valence-corrected chi connectivity index (χ4v) is 5.54. The van der Waals surface area contributed by atoms with Gasteiger partial charge in [-0.2, -0.15) is 0 Å². The third-order valence-corrected chi connectivity index (χ3v) is 8.56. The molecule has 2 amide bonds. The molecule has 0 aliphatic heterocycles. The van der Waals surface area contributed by atoms with Crippen molar-refractivity contribution in [2.45, 2.75) is 51.1 Å². The first-order chi connectivity index (χ1) is 18.5. The first kappa shape index (κ1) is 30.5. The smallest absolute Gasteiger partial charge is 0.264 e. The van der Waals surface area contributed by atoms with Gasteiger partial charge in [-0.3, -0.25) is 13.9 Å². The standard InChI is InChI=1S/C29H33Cl2N3O4S/c1-4-5-18-32-29(36)22(3)33(19-23-8-10-24(30)11-9-23)28(35)20-34(26-14-12-25(31)13-15-26)39(37,38)27-16-6-21(2)7-17-27/h6-17,22H,4-5,18-20H2,1-3H3,(H,32,36). The summed E-state index contributed by atoms with van der Waals surface area (Å²) in [6, 6.07) is 18.7. The SMILES string of the molecule is CCCCNC(=O)C(C)N(Cc1ccc(Cl)cc1)C(=O)CN(c1ccc(Cl)cc1)S(=O)(=O)c1ccc(C)cc1. The summed E-state index contributed by atoms with van der Waals surface area (Å²) in [5.41, 5.74) is 1.93. The summed E-state index contributed by atoms with van der Waals surface area (Å²) in [7, 11) is -4.13. The van der Waals surface area contributed by atoms with Gasteiger partial charge in [-0.25, -0.2) is 8.42 Å². The molecular formula is C29H33Cl2N3O4S. The molecule has 0 saturated heterocycles. The van der Waals surface area contributed by atoms with E-state index in [4.69, 9.17) is 23.2 Å². The summed E-state index contributed by atoms with van der Waals surface area (Å²) in [5.74, 6) is -0.848. The maximum atomic E-state index is 13.9. The minimum Gasteiger partial charge on any atom is -0.354 e. The monoisotopic (exact) mass is 589 g/mol. The summed E-state index contributed by atoms with van der Waals surface area (Å²) >= 11 is 12.1. The second-order valence-corrected chi connectivity index (χ2v) is 12.0. The van der Waals surface area contributed by atoms with Crippen LogP contribution in [0.15, 0.2) is 77.7 Å². The van der Waals surface area contributed by atoms with E-state index in [1.165, 1.54) is 17.0 Å². The van der Waals surface area contributed by atoms with Crippen molar-refractivity contribution in [2.75, 3.05) is 17.4 Å². The molecule has 3 rings (SSSR count). The second kappa shape index (κ2) is 13.8. The molecule has 39 heavy (non-hydrogen) atoms. The highest BCUT2D eigenvalue weighted by Crippen LogP contribution is 2.26. The first-order valence-corrected chi connectivity index (χ1v) is 14.9. The lowest BCUT2D eigenvalue weighted by Crippen LogP contribution is -2.51. The van der Waals surface area contributed by atoms with E-state index in [0.29, 0.717) is 16.6 Å². The Kier molecular flexibility index (Phi) is 10.8. The average molecular weight is 591 g/mol. The Balaban J connectivity index is 1.98. The van der Waals surface area contributed by atoms with Crippen LogP contribution >= 0.6 is 23.2 Å². The van der Waals surface area contributed by atoms with Crippen molar-refractivity contribution in [2.24, 2.45) is 0 Å². The van der Waals surface area contributed by atoms with E-state index in [1.54, 1.807) is 67.6 Å².